The lowest BCUT2D eigenvalue weighted by Gasteiger charge is -2.35. The van der Waals surface area contributed by atoms with E-state index in [4.69, 9.17) is 0 Å². The number of aryl methyl sites for hydroxylation is 2. The number of piperidine rings is 1. The van der Waals surface area contributed by atoms with Crippen LogP contribution >= 0.6 is 0 Å². The van der Waals surface area contributed by atoms with Crippen molar-refractivity contribution in [1.29, 1.82) is 0 Å². The molecule has 1 saturated heterocycles. The molecule has 2 aliphatic carbocycles. The van der Waals surface area contributed by atoms with E-state index in [1.54, 1.807) is 0 Å². The molecule has 0 spiro atoms. The first kappa shape index (κ1) is 16.6. The number of hydrogen-bond acceptors (Lipinski definition) is 3. The molecule has 136 valence electrons. The number of carbonyl (C=O) groups excluding carboxylic acids is 2. The number of aromatic nitrogens is 2. The molecular formula is C19H28N4O2. The Morgan fingerprint density at radius 1 is 1.20 bits per heavy atom. The summed E-state index contributed by atoms with van der Waals surface area (Å²) in [7, 11) is 1.95. The second kappa shape index (κ2) is 6.15. The van der Waals surface area contributed by atoms with Crippen LogP contribution in [0.5, 0.6) is 0 Å². The van der Waals surface area contributed by atoms with Crippen LogP contribution in [0.25, 0.3) is 0 Å². The summed E-state index contributed by atoms with van der Waals surface area (Å²) in [5.41, 5.74) is 3.32. The molecule has 0 bridgehead atoms. The van der Waals surface area contributed by atoms with Gasteiger partial charge in [-0.15, -0.1) is 0 Å². The highest BCUT2D eigenvalue weighted by atomic mass is 16.2. The third-order valence-corrected chi connectivity index (χ3v) is 6.04. The number of nitrogens with zero attached hydrogens (tertiary/aromatic N) is 4. The predicted octanol–water partition coefficient (Wildman–Crippen LogP) is 1.93. The normalized spacial score (nSPS) is 23.9. The molecule has 6 nitrogen and oxygen atoms in total. The van der Waals surface area contributed by atoms with Crippen LogP contribution in [0.3, 0.4) is 0 Å². The number of hydrogen-bond donors (Lipinski definition) is 0. The van der Waals surface area contributed by atoms with E-state index in [2.05, 4.69) is 16.9 Å². The summed E-state index contributed by atoms with van der Waals surface area (Å²) in [6, 6.07) is 0.777. The van der Waals surface area contributed by atoms with E-state index in [0.717, 1.165) is 37.1 Å². The Balaban J connectivity index is 1.50. The maximum atomic E-state index is 13.3. The molecule has 3 fully saturated rings. The summed E-state index contributed by atoms with van der Waals surface area (Å²) in [5.74, 6) is 0.447. The summed E-state index contributed by atoms with van der Waals surface area (Å²) in [6.45, 7) is 5.37. The third-order valence-electron chi connectivity index (χ3n) is 6.04. The van der Waals surface area contributed by atoms with Gasteiger partial charge in [-0.3, -0.25) is 14.3 Å². The summed E-state index contributed by atoms with van der Waals surface area (Å²) >= 11 is 0. The molecule has 2 heterocycles. The minimum atomic E-state index is -0.0313. The van der Waals surface area contributed by atoms with Crippen LogP contribution in [0.2, 0.25) is 0 Å². The van der Waals surface area contributed by atoms with Crippen LogP contribution in [0, 0.1) is 19.8 Å². The maximum Gasteiger partial charge on any atom is 0.228 e. The lowest BCUT2D eigenvalue weighted by atomic mass is 9.95. The maximum absolute atomic E-state index is 13.3. The van der Waals surface area contributed by atoms with E-state index in [1.165, 1.54) is 5.56 Å². The summed E-state index contributed by atoms with van der Waals surface area (Å²) < 4.78 is 1.90. The first-order valence-corrected chi connectivity index (χ1v) is 9.54. The van der Waals surface area contributed by atoms with Crippen LogP contribution in [0.4, 0.5) is 0 Å². The van der Waals surface area contributed by atoms with Gasteiger partial charge in [0.25, 0.3) is 0 Å². The monoisotopic (exact) mass is 344 g/mol. The first-order valence-electron chi connectivity index (χ1n) is 9.54. The zero-order chi connectivity index (χ0) is 17.7. The average molecular weight is 344 g/mol. The molecule has 1 aliphatic heterocycles. The minimum Gasteiger partial charge on any atom is -0.339 e. The van der Waals surface area contributed by atoms with Crippen molar-refractivity contribution in [2.75, 3.05) is 6.54 Å². The van der Waals surface area contributed by atoms with Crippen molar-refractivity contribution in [3.8, 4) is 0 Å². The smallest absolute Gasteiger partial charge is 0.228 e. The van der Waals surface area contributed by atoms with Gasteiger partial charge < -0.3 is 9.80 Å². The summed E-state index contributed by atoms with van der Waals surface area (Å²) in [4.78, 5) is 29.4. The molecule has 1 aromatic heterocycles. The van der Waals surface area contributed by atoms with Crippen molar-refractivity contribution >= 4 is 11.8 Å². The SMILES string of the molecule is Cc1nn(C)c(C)c1CN(C(=O)C1CCC(=O)N(C2CC2)C1)C1CC1. The van der Waals surface area contributed by atoms with Gasteiger partial charge in [0, 0.05) is 49.9 Å². The molecule has 2 saturated carbocycles. The van der Waals surface area contributed by atoms with E-state index in [9.17, 15) is 9.59 Å². The predicted molar refractivity (Wildman–Crippen MR) is 93.7 cm³/mol. The van der Waals surface area contributed by atoms with Gasteiger partial charge in [-0.25, -0.2) is 0 Å². The Bertz CT molecular complexity index is 703. The van der Waals surface area contributed by atoms with Gasteiger partial charge in [0.2, 0.25) is 11.8 Å². The Hall–Kier alpha value is -1.85. The van der Waals surface area contributed by atoms with Crippen LogP contribution in [-0.2, 0) is 23.2 Å². The van der Waals surface area contributed by atoms with Crippen LogP contribution in [0.1, 0.15) is 55.5 Å². The van der Waals surface area contributed by atoms with E-state index >= 15 is 0 Å². The van der Waals surface area contributed by atoms with Crippen molar-refractivity contribution in [3.63, 3.8) is 0 Å². The van der Waals surface area contributed by atoms with Crippen LogP contribution in [0.15, 0.2) is 0 Å². The molecular weight excluding hydrogens is 316 g/mol. The van der Waals surface area contributed by atoms with Gasteiger partial charge in [0.1, 0.15) is 0 Å². The van der Waals surface area contributed by atoms with Gasteiger partial charge >= 0.3 is 0 Å². The lowest BCUT2D eigenvalue weighted by molar-refractivity contribution is -0.144. The molecule has 1 aromatic rings. The highest BCUT2D eigenvalue weighted by Crippen LogP contribution is 2.35. The largest absolute Gasteiger partial charge is 0.339 e. The lowest BCUT2D eigenvalue weighted by Crippen LogP contribution is -2.48. The average Bonchev–Trinajstić information content (AvgIpc) is 3.46. The number of rotatable bonds is 5. The van der Waals surface area contributed by atoms with E-state index < -0.39 is 0 Å². The standard InChI is InChI=1S/C19H28N4O2/c1-12-17(13(2)21(3)20-12)11-23(16-7-8-16)19(25)14-4-9-18(24)22(10-14)15-5-6-15/h14-16H,4-11H2,1-3H3. The fourth-order valence-corrected chi connectivity index (χ4v) is 4.04. The summed E-state index contributed by atoms with van der Waals surface area (Å²) in [6.07, 6.45) is 5.63. The second-order valence-electron chi connectivity index (χ2n) is 7.98. The van der Waals surface area contributed by atoms with Crippen molar-refractivity contribution in [1.82, 2.24) is 19.6 Å². The zero-order valence-electron chi connectivity index (χ0n) is 15.5. The fraction of sp³-hybridized carbons (Fsp3) is 0.737. The highest BCUT2D eigenvalue weighted by Gasteiger charge is 2.42. The molecule has 1 atom stereocenters. The third kappa shape index (κ3) is 3.18. The van der Waals surface area contributed by atoms with E-state index in [1.807, 2.05) is 23.6 Å². The van der Waals surface area contributed by atoms with Crippen LogP contribution in [-0.4, -0.2) is 50.0 Å². The molecule has 0 radical (unpaired) electrons. The Kier molecular flexibility index (Phi) is 4.08. The number of amides is 2. The quantitative estimate of drug-likeness (QED) is 0.820. The minimum absolute atomic E-state index is 0.0313. The van der Waals surface area contributed by atoms with Crippen LogP contribution < -0.4 is 0 Å². The van der Waals surface area contributed by atoms with E-state index in [-0.39, 0.29) is 17.7 Å². The zero-order valence-corrected chi connectivity index (χ0v) is 15.5. The van der Waals surface area contributed by atoms with Gasteiger partial charge in [-0.2, -0.15) is 5.10 Å². The van der Waals surface area contributed by atoms with E-state index in [0.29, 0.717) is 38.0 Å². The first-order chi connectivity index (χ1) is 12.0. The van der Waals surface area contributed by atoms with Crippen molar-refractivity contribution in [3.05, 3.63) is 17.0 Å². The highest BCUT2D eigenvalue weighted by molar-refractivity contribution is 5.84. The molecule has 2 amide bonds. The van der Waals surface area contributed by atoms with Gasteiger partial charge in [-0.1, -0.05) is 0 Å². The Labute approximate surface area is 149 Å². The Morgan fingerprint density at radius 2 is 1.92 bits per heavy atom. The fourth-order valence-electron chi connectivity index (χ4n) is 4.04. The molecule has 3 aliphatic rings. The molecule has 4 rings (SSSR count). The molecule has 1 unspecified atom stereocenters. The molecule has 25 heavy (non-hydrogen) atoms. The van der Waals surface area contributed by atoms with Crippen molar-refractivity contribution in [2.45, 2.75) is 71.0 Å². The number of carbonyl (C=O) groups is 2. The second-order valence-corrected chi connectivity index (χ2v) is 7.98. The van der Waals surface area contributed by atoms with Gasteiger partial charge in [0.05, 0.1) is 11.6 Å². The number of likely N-dealkylation sites (tertiary alicyclic amines) is 1. The Morgan fingerprint density at radius 3 is 2.48 bits per heavy atom. The topological polar surface area (TPSA) is 58.4 Å². The molecule has 0 aromatic carbocycles. The summed E-state index contributed by atoms with van der Waals surface area (Å²) in [5, 5.41) is 4.49. The molecule has 0 N–H and O–H groups in total. The van der Waals surface area contributed by atoms with Crippen molar-refractivity contribution < 1.29 is 9.59 Å². The molecule has 6 heteroatoms. The van der Waals surface area contributed by atoms with Gasteiger partial charge in [0.15, 0.2) is 0 Å². The van der Waals surface area contributed by atoms with Gasteiger partial charge in [-0.05, 0) is 46.0 Å². The van der Waals surface area contributed by atoms with Crippen molar-refractivity contribution in [2.24, 2.45) is 13.0 Å².